The molecule has 0 saturated carbocycles. The summed E-state index contributed by atoms with van der Waals surface area (Å²) in [6, 6.07) is 6.03. The number of fused-ring (bicyclic) bond motifs is 1. The van der Waals surface area contributed by atoms with E-state index in [-0.39, 0.29) is 11.6 Å². The fourth-order valence-corrected chi connectivity index (χ4v) is 5.96. The standard InChI is InChI=1S/C19H25ClN2OS/c1-19(21-8-2-3-9-21)13-24-11-10-22(19)18(23)17-6-4-14-12-15(20)5-7-16(14)17/h5,7,12,17H,2-4,6,8-11,13H2,1H3. The smallest absolute Gasteiger partial charge is 0.231 e. The number of thioether (sulfide) groups is 1. The van der Waals surface area contributed by atoms with Crippen LogP contribution in [0.1, 0.15) is 43.2 Å². The number of amides is 1. The van der Waals surface area contributed by atoms with Crippen molar-refractivity contribution in [2.45, 2.75) is 44.2 Å². The molecule has 24 heavy (non-hydrogen) atoms. The number of hydrogen-bond donors (Lipinski definition) is 0. The van der Waals surface area contributed by atoms with Crippen LogP contribution in [0.3, 0.4) is 0 Å². The van der Waals surface area contributed by atoms with E-state index in [0.717, 1.165) is 49.0 Å². The molecule has 2 saturated heterocycles. The van der Waals surface area contributed by atoms with Gasteiger partial charge in [0.15, 0.2) is 0 Å². The van der Waals surface area contributed by atoms with Crippen LogP contribution in [0.5, 0.6) is 0 Å². The van der Waals surface area contributed by atoms with Crippen LogP contribution in [0.4, 0.5) is 0 Å². The Morgan fingerprint density at radius 2 is 2.08 bits per heavy atom. The van der Waals surface area contributed by atoms with Gasteiger partial charge in [-0.1, -0.05) is 17.7 Å². The maximum Gasteiger partial charge on any atom is 0.231 e. The summed E-state index contributed by atoms with van der Waals surface area (Å²) in [7, 11) is 0. The predicted octanol–water partition coefficient (Wildman–Crippen LogP) is 3.76. The highest BCUT2D eigenvalue weighted by Gasteiger charge is 2.46. The van der Waals surface area contributed by atoms with Gasteiger partial charge >= 0.3 is 0 Å². The first kappa shape index (κ1) is 16.7. The summed E-state index contributed by atoms with van der Waals surface area (Å²) >= 11 is 8.11. The van der Waals surface area contributed by atoms with Crippen LogP contribution in [0.15, 0.2) is 18.2 Å². The highest BCUT2D eigenvalue weighted by atomic mass is 35.5. The second kappa shape index (κ2) is 6.54. The zero-order valence-corrected chi connectivity index (χ0v) is 15.8. The number of benzene rings is 1. The molecule has 2 heterocycles. The van der Waals surface area contributed by atoms with Gasteiger partial charge in [-0.05, 0) is 55.9 Å². The molecule has 0 N–H and O–H groups in total. The summed E-state index contributed by atoms with van der Waals surface area (Å²) in [5.41, 5.74) is 2.34. The normalized spacial score (nSPS) is 30.6. The summed E-state index contributed by atoms with van der Waals surface area (Å²) in [6.07, 6.45) is 4.41. The maximum atomic E-state index is 13.5. The van der Waals surface area contributed by atoms with E-state index in [9.17, 15) is 4.79 Å². The molecule has 2 aliphatic heterocycles. The zero-order chi connectivity index (χ0) is 16.7. The van der Waals surface area contributed by atoms with Gasteiger partial charge in [0.05, 0.1) is 5.92 Å². The van der Waals surface area contributed by atoms with Crippen LogP contribution in [-0.4, -0.2) is 52.5 Å². The van der Waals surface area contributed by atoms with Gasteiger partial charge < -0.3 is 4.90 Å². The minimum Gasteiger partial charge on any atom is -0.322 e. The molecule has 1 amide bonds. The predicted molar refractivity (Wildman–Crippen MR) is 101 cm³/mol. The number of carbonyl (C=O) groups is 1. The van der Waals surface area contributed by atoms with Gasteiger partial charge in [0.1, 0.15) is 5.66 Å². The van der Waals surface area contributed by atoms with Crippen molar-refractivity contribution in [1.29, 1.82) is 0 Å². The van der Waals surface area contributed by atoms with E-state index < -0.39 is 0 Å². The number of nitrogens with zero attached hydrogens (tertiary/aromatic N) is 2. The number of carbonyl (C=O) groups excluding carboxylic acids is 1. The zero-order valence-electron chi connectivity index (χ0n) is 14.3. The molecule has 1 aliphatic carbocycles. The van der Waals surface area contributed by atoms with Crippen molar-refractivity contribution in [3.05, 3.63) is 34.3 Å². The molecule has 4 rings (SSSR count). The second-order valence-electron chi connectivity index (χ2n) is 7.39. The van der Waals surface area contributed by atoms with Crippen LogP contribution < -0.4 is 0 Å². The van der Waals surface area contributed by atoms with Gasteiger partial charge in [-0.15, -0.1) is 0 Å². The minimum absolute atomic E-state index is 0.0160. The summed E-state index contributed by atoms with van der Waals surface area (Å²) in [5.74, 6) is 2.42. The molecule has 2 unspecified atom stereocenters. The van der Waals surface area contributed by atoms with E-state index in [1.165, 1.54) is 24.0 Å². The Morgan fingerprint density at radius 1 is 1.29 bits per heavy atom. The summed E-state index contributed by atoms with van der Waals surface area (Å²) in [6.45, 7) is 5.39. The molecule has 130 valence electrons. The van der Waals surface area contributed by atoms with Crippen LogP contribution in [0.2, 0.25) is 5.02 Å². The van der Waals surface area contributed by atoms with Crippen molar-refractivity contribution in [1.82, 2.24) is 9.80 Å². The highest BCUT2D eigenvalue weighted by Crippen LogP contribution is 2.40. The molecule has 0 bridgehead atoms. The van der Waals surface area contributed by atoms with Crippen molar-refractivity contribution in [2.75, 3.05) is 31.1 Å². The molecule has 0 radical (unpaired) electrons. The average Bonchev–Trinajstić information content (AvgIpc) is 3.24. The minimum atomic E-state index is -0.119. The molecule has 0 aromatic heterocycles. The van der Waals surface area contributed by atoms with Crippen molar-refractivity contribution in [3.8, 4) is 0 Å². The molecule has 3 aliphatic rings. The van der Waals surface area contributed by atoms with E-state index in [1.807, 2.05) is 23.9 Å². The summed E-state index contributed by atoms with van der Waals surface area (Å²) < 4.78 is 0. The lowest BCUT2D eigenvalue weighted by Gasteiger charge is -2.50. The largest absolute Gasteiger partial charge is 0.322 e. The lowest BCUT2D eigenvalue weighted by molar-refractivity contribution is -0.145. The molecular formula is C19H25ClN2OS. The third-order valence-electron chi connectivity index (χ3n) is 5.95. The van der Waals surface area contributed by atoms with Gasteiger partial charge in [0.25, 0.3) is 0 Å². The topological polar surface area (TPSA) is 23.6 Å². The molecule has 1 aromatic rings. The Hall–Kier alpha value is -0.710. The molecule has 0 spiro atoms. The van der Waals surface area contributed by atoms with Gasteiger partial charge in [-0.25, -0.2) is 0 Å². The maximum absolute atomic E-state index is 13.5. The molecular weight excluding hydrogens is 340 g/mol. The Kier molecular flexibility index (Phi) is 4.57. The van der Waals surface area contributed by atoms with Gasteiger partial charge in [0, 0.05) is 36.2 Å². The van der Waals surface area contributed by atoms with E-state index >= 15 is 0 Å². The summed E-state index contributed by atoms with van der Waals surface area (Å²) in [4.78, 5) is 18.2. The summed E-state index contributed by atoms with van der Waals surface area (Å²) in [5, 5.41) is 0.776. The first-order chi connectivity index (χ1) is 11.6. The molecule has 3 nitrogen and oxygen atoms in total. The number of rotatable bonds is 2. The van der Waals surface area contributed by atoms with Crippen LogP contribution >= 0.6 is 23.4 Å². The van der Waals surface area contributed by atoms with E-state index in [0.29, 0.717) is 5.91 Å². The molecule has 2 atom stereocenters. The van der Waals surface area contributed by atoms with Crippen molar-refractivity contribution in [2.24, 2.45) is 0 Å². The Morgan fingerprint density at radius 3 is 2.88 bits per heavy atom. The Bertz CT molecular complexity index is 646. The fraction of sp³-hybridized carbons (Fsp3) is 0.632. The van der Waals surface area contributed by atoms with E-state index in [4.69, 9.17) is 11.6 Å². The highest BCUT2D eigenvalue weighted by molar-refractivity contribution is 7.99. The fourth-order valence-electron chi connectivity index (χ4n) is 4.58. The lowest BCUT2D eigenvalue weighted by atomic mass is 9.97. The third kappa shape index (κ3) is 2.77. The van der Waals surface area contributed by atoms with Gasteiger partial charge in [-0.3, -0.25) is 9.69 Å². The molecule has 1 aromatic carbocycles. The first-order valence-electron chi connectivity index (χ1n) is 9.02. The van der Waals surface area contributed by atoms with Gasteiger partial charge in [-0.2, -0.15) is 11.8 Å². The van der Waals surface area contributed by atoms with Crippen molar-refractivity contribution >= 4 is 29.3 Å². The SMILES string of the molecule is CC1(N2CCCC2)CSCCN1C(=O)C1CCc2cc(Cl)ccc21. The quantitative estimate of drug-likeness (QED) is 0.798. The molecule has 5 heteroatoms. The Balaban J connectivity index is 1.61. The van der Waals surface area contributed by atoms with Crippen molar-refractivity contribution < 1.29 is 4.79 Å². The third-order valence-corrected chi connectivity index (χ3v) is 7.41. The number of hydrogen-bond acceptors (Lipinski definition) is 3. The number of likely N-dealkylation sites (tertiary alicyclic amines) is 1. The lowest BCUT2D eigenvalue weighted by Crippen LogP contribution is -2.64. The molecule has 2 fully saturated rings. The van der Waals surface area contributed by atoms with E-state index in [1.54, 1.807) is 0 Å². The number of halogens is 1. The van der Waals surface area contributed by atoms with Crippen molar-refractivity contribution in [3.63, 3.8) is 0 Å². The second-order valence-corrected chi connectivity index (χ2v) is 8.93. The first-order valence-corrected chi connectivity index (χ1v) is 10.6. The average molecular weight is 365 g/mol. The van der Waals surface area contributed by atoms with Crippen LogP contribution in [0.25, 0.3) is 0 Å². The number of aryl methyl sites for hydroxylation is 1. The monoisotopic (exact) mass is 364 g/mol. The van der Waals surface area contributed by atoms with Gasteiger partial charge in [0.2, 0.25) is 5.91 Å². The van der Waals surface area contributed by atoms with Crippen LogP contribution in [0, 0.1) is 0 Å². The van der Waals surface area contributed by atoms with Crippen LogP contribution in [-0.2, 0) is 11.2 Å². The van der Waals surface area contributed by atoms with E-state index in [2.05, 4.69) is 22.8 Å². The Labute approximate surface area is 153 Å².